The van der Waals surface area contributed by atoms with Gasteiger partial charge >= 0.3 is 0 Å². The van der Waals surface area contributed by atoms with Crippen LogP contribution in [0.15, 0.2) is 23.7 Å². The highest BCUT2D eigenvalue weighted by atomic mass is 16.3. The fourth-order valence-corrected chi connectivity index (χ4v) is 5.56. The average Bonchev–Trinajstić information content (AvgIpc) is 2.66. The van der Waals surface area contributed by atoms with Crippen LogP contribution < -0.4 is 0 Å². The maximum atomic E-state index is 13.2. The highest BCUT2D eigenvalue weighted by Crippen LogP contribution is 2.55. The van der Waals surface area contributed by atoms with Crippen LogP contribution in [0.25, 0.3) is 0 Å². The SMILES string of the molecule is CCCCCCC(C)C1=C(O)C(=O)C2C(O)C(C)CC(O)C2C1(C)C(=O)C=CO. The number of Topliss-reactive ketones (excluding diaryl/α,β-unsaturated/α-hetero) is 1. The fraction of sp³-hybridized carbons (Fsp3) is 0.739. The van der Waals surface area contributed by atoms with Crippen molar-refractivity contribution in [3.05, 3.63) is 23.7 Å². The summed E-state index contributed by atoms with van der Waals surface area (Å²) in [5.41, 5.74) is -1.06. The molecule has 1 fully saturated rings. The second kappa shape index (κ2) is 9.43. The zero-order valence-electron chi connectivity index (χ0n) is 18.0. The van der Waals surface area contributed by atoms with Crippen LogP contribution in [0.3, 0.4) is 0 Å². The van der Waals surface area contributed by atoms with Crippen molar-refractivity contribution >= 4 is 11.6 Å². The molecule has 0 aromatic carbocycles. The van der Waals surface area contributed by atoms with E-state index in [1.54, 1.807) is 13.8 Å². The lowest BCUT2D eigenvalue weighted by Gasteiger charge is -2.53. The largest absolute Gasteiger partial charge is 0.515 e. The summed E-state index contributed by atoms with van der Waals surface area (Å²) >= 11 is 0. The fourth-order valence-electron chi connectivity index (χ4n) is 5.56. The first-order valence-corrected chi connectivity index (χ1v) is 10.8. The zero-order chi connectivity index (χ0) is 21.9. The van der Waals surface area contributed by atoms with Gasteiger partial charge in [0.05, 0.1) is 29.8 Å². The standard InChI is InChI=1S/C23H36O6/c1-5-6-7-8-9-13(2)18-22(29)21(28)17-19(15(25)12-14(3)20(17)27)23(18,4)16(26)10-11-24/h10-11,13-15,17,19-20,24-25,27,29H,5-9,12H2,1-4H3. The van der Waals surface area contributed by atoms with Crippen LogP contribution >= 0.6 is 0 Å². The summed E-state index contributed by atoms with van der Waals surface area (Å²) in [7, 11) is 0. The Morgan fingerprint density at radius 1 is 1.28 bits per heavy atom. The van der Waals surface area contributed by atoms with E-state index >= 15 is 0 Å². The number of carbonyl (C=O) groups is 2. The number of unbranched alkanes of at least 4 members (excludes halogenated alkanes) is 3. The Kier molecular flexibility index (Phi) is 7.68. The number of ketones is 2. The van der Waals surface area contributed by atoms with Crippen molar-refractivity contribution in [1.82, 2.24) is 0 Å². The van der Waals surface area contributed by atoms with Gasteiger partial charge in [0.1, 0.15) is 0 Å². The summed E-state index contributed by atoms with van der Waals surface area (Å²) in [6, 6.07) is 0. The third-order valence-electron chi connectivity index (χ3n) is 7.10. The molecule has 0 radical (unpaired) electrons. The molecule has 6 heteroatoms. The second-order valence-electron chi connectivity index (χ2n) is 9.08. The Labute approximate surface area is 173 Å². The molecule has 7 atom stereocenters. The number of fused-ring (bicyclic) bond motifs is 1. The molecule has 0 aromatic heterocycles. The van der Waals surface area contributed by atoms with Gasteiger partial charge in [-0.15, -0.1) is 0 Å². The predicted octanol–water partition coefficient (Wildman–Crippen LogP) is 3.63. The van der Waals surface area contributed by atoms with Crippen LogP contribution in [0.4, 0.5) is 0 Å². The van der Waals surface area contributed by atoms with Gasteiger partial charge in [0.15, 0.2) is 11.5 Å². The van der Waals surface area contributed by atoms with Crippen LogP contribution in [0, 0.1) is 29.1 Å². The van der Waals surface area contributed by atoms with Gasteiger partial charge in [-0.1, -0.05) is 46.5 Å². The van der Waals surface area contributed by atoms with Crippen molar-refractivity contribution < 1.29 is 30.0 Å². The number of rotatable bonds is 8. The van der Waals surface area contributed by atoms with Crippen LogP contribution in [0.1, 0.15) is 66.2 Å². The predicted molar refractivity (Wildman–Crippen MR) is 110 cm³/mol. The minimum absolute atomic E-state index is 0.249. The monoisotopic (exact) mass is 408 g/mol. The number of allylic oxidation sites excluding steroid dienone is 3. The lowest BCUT2D eigenvalue weighted by molar-refractivity contribution is -0.159. The summed E-state index contributed by atoms with van der Waals surface area (Å²) < 4.78 is 0. The van der Waals surface area contributed by atoms with Crippen molar-refractivity contribution in [2.45, 2.75) is 78.4 Å². The highest BCUT2D eigenvalue weighted by molar-refractivity contribution is 6.04. The van der Waals surface area contributed by atoms with Crippen molar-refractivity contribution in [2.75, 3.05) is 0 Å². The summed E-state index contributed by atoms with van der Waals surface area (Å²) in [6.07, 6.45) is 4.70. The van der Waals surface area contributed by atoms with Gasteiger partial charge in [-0.05, 0) is 37.2 Å². The Balaban J connectivity index is 2.57. The quantitative estimate of drug-likeness (QED) is 0.277. The molecule has 4 N–H and O–H groups in total. The third kappa shape index (κ3) is 4.15. The molecule has 0 saturated heterocycles. The van der Waals surface area contributed by atoms with Gasteiger partial charge in [-0.2, -0.15) is 0 Å². The molecule has 6 nitrogen and oxygen atoms in total. The van der Waals surface area contributed by atoms with E-state index in [0.29, 0.717) is 18.3 Å². The number of carbonyl (C=O) groups excluding carboxylic acids is 2. The van der Waals surface area contributed by atoms with Gasteiger partial charge in [-0.3, -0.25) is 9.59 Å². The van der Waals surface area contributed by atoms with Crippen LogP contribution in [0.2, 0.25) is 0 Å². The summed E-state index contributed by atoms with van der Waals surface area (Å²) in [5.74, 6) is -4.02. The van der Waals surface area contributed by atoms with E-state index in [9.17, 15) is 30.0 Å². The maximum absolute atomic E-state index is 13.2. The number of hydrogen-bond acceptors (Lipinski definition) is 6. The van der Waals surface area contributed by atoms with E-state index in [-0.39, 0.29) is 18.3 Å². The minimum atomic E-state index is -1.38. The van der Waals surface area contributed by atoms with E-state index in [4.69, 9.17) is 0 Å². The molecule has 2 aliphatic rings. The molecular weight excluding hydrogens is 372 g/mol. The van der Waals surface area contributed by atoms with Gasteiger partial charge in [0.25, 0.3) is 0 Å². The normalized spacial score (nSPS) is 36.3. The molecule has 29 heavy (non-hydrogen) atoms. The van der Waals surface area contributed by atoms with Crippen LogP contribution in [-0.4, -0.2) is 44.2 Å². The Morgan fingerprint density at radius 2 is 1.93 bits per heavy atom. The van der Waals surface area contributed by atoms with Gasteiger partial charge in [0.2, 0.25) is 5.78 Å². The van der Waals surface area contributed by atoms with Crippen molar-refractivity contribution in [3.8, 4) is 0 Å². The Bertz CT molecular complexity index is 681. The first-order valence-electron chi connectivity index (χ1n) is 10.8. The lowest BCUT2D eigenvalue weighted by atomic mass is 9.50. The topological polar surface area (TPSA) is 115 Å². The average molecular weight is 409 g/mol. The van der Waals surface area contributed by atoms with Crippen LogP contribution in [0.5, 0.6) is 0 Å². The second-order valence-corrected chi connectivity index (χ2v) is 9.08. The lowest BCUT2D eigenvalue weighted by Crippen LogP contribution is -2.60. The summed E-state index contributed by atoms with van der Waals surface area (Å²) in [6.45, 7) is 7.37. The van der Waals surface area contributed by atoms with Crippen molar-refractivity contribution in [2.24, 2.45) is 29.1 Å². The van der Waals surface area contributed by atoms with E-state index < -0.39 is 46.8 Å². The maximum Gasteiger partial charge on any atom is 0.203 e. The van der Waals surface area contributed by atoms with Gasteiger partial charge in [-0.25, -0.2) is 0 Å². The Hall–Kier alpha value is -1.66. The molecular formula is C23H36O6. The summed E-state index contributed by atoms with van der Waals surface area (Å²) in [5, 5.41) is 41.7. The van der Waals surface area contributed by atoms with Crippen molar-refractivity contribution in [3.63, 3.8) is 0 Å². The van der Waals surface area contributed by atoms with E-state index in [1.807, 2.05) is 6.92 Å². The third-order valence-corrected chi connectivity index (χ3v) is 7.10. The first-order chi connectivity index (χ1) is 13.6. The number of hydrogen-bond donors (Lipinski definition) is 4. The molecule has 0 aliphatic heterocycles. The molecule has 2 rings (SSSR count). The molecule has 1 saturated carbocycles. The van der Waals surface area contributed by atoms with Crippen LogP contribution in [-0.2, 0) is 9.59 Å². The minimum Gasteiger partial charge on any atom is -0.515 e. The van der Waals surface area contributed by atoms with E-state index in [2.05, 4.69) is 6.92 Å². The van der Waals surface area contributed by atoms with Crippen molar-refractivity contribution in [1.29, 1.82) is 0 Å². The summed E-state index contributed by atoms with van der Waals surface area (Å²) in [4.78, 5) is 26.2. The molecule has 164 valence electrons. The molecule has 0 spiro atoms. The molecule has 0 bridgehead atoms. The smallest absolute Gasteiger partial charge is 0.203 e. The van der Waals surface area contributed by atoms with Gasteiger partial charge < -0.3 is 20.4 Å². The molecule has 7 unspecified atom stereocenters. The zero-order valence-corrected chi connectivity index (χ0v) is 18.0. The number of aliphatic hydroxyl groups is 4. The molecule has 0 aromatic rings. The van der Waals surface area contributed by atoms with E-state index in [0.717, 1.165) is 31.8 Å². The molecule has 0 heterocycles. The van der Waals surface area contributed by atoms with E-state index in [1.165, 1.54) is 0 Å². The number of aliphatic hydroxyl groups excluding tert-OH is 4. The first kappa shape index (κ1) is 23.6. The highest BCUT2D eigenvalue weighted by Gasteiger charge is 2.61. The van der Waals surface area contributed by atoms with Gasteiger partial charge in [0, 0.05) is 12.0 Å². The molecule has 0 amide bonds. The molecule has 2 aliphatic carbocycles. The Morgan fingerprint density at radius 3 is 2.52 bits per heavy atom.